The topological polar surface area (TPSA) is 46.3 Å². The third kappa shape index (κ3) is 1.90. The molecule has 0 bridgehead atoms. The first-order valence-electron chi connectivity index (χ1n) is 5.65. The molecule has 18 heavy (non-hydrogen) atoms. The summed E-state index contributed by atoms with van der Waals surface area (Å²) in [6.45, 7) is 1.99. The average molecular weight is 260 g/mol. The maximum atomic E-state index is 12.0. The first kappa shape index (κ1) is 11.3. The highest BCUT2D eigenvalue weighted by Crippen LogP contribution is 2.41. The minimum absolute atomic E-state index is 0.0690. The highest BCUT2D eigenvalue weighted by Gasteiger charge is 2.36. The van der Waals surface area contributed by atoms with Crippen LogP contribution in [0, 0.1) is 6.92 Å². The molecule has 1 atom stereocenters. The Labute approximate surface area is 109 Å². The van der Waals surface area contributed by atoms with Gasteiger partial charge in [0.15, 0.2) is 0 Å². The number of aromatic nitrogens is 1. The van der Waals surface area contributed by atoms with Gasteiger partial charge in [0.1, 0.15) is 17.0 Å². The van der Waals surface area contributed by atoms with Crippen molar-refractivity contribution in [2.75, 3.05) is 10.7 Å². The van der Waals surface area contributed by atoms with E-state index in [1.54, 1.807) is 29.1 Å². The zero-order valence-corrected chi connectivity index (χ0v) is 10.7. The van der Waals surface area contributed by atoms with Crippen LogP contribution < -0.4 is 4.90 Å². The fourth-order valence-electron chi connectivity index (χ4n) is 1.97. The molecule has 2 aromatic heterocycles. The average Bonchev–Trinajstić information content (AvgIpc) is 2.97. The first-order chi connectivity index (χ1) is 8.75. The van der Waals surface area contributed by atoms with E-state index in [0.29, 0.717) is 11.6 Å². The highest BCUT2D eigenvalue weighted by molar-refractivity contribution is 8.00. The predicted molar refractivity (Wildman–Crippen MR) is 70.4 cm³/mol. The molecular weight excluding hydrogens is 248 g/mol. The van der Waals surface area contributed by atoms with Crippen LogP contribution in [-0.4, -0.2) is 16.6 Å². The summed E-state index contributed by atoms with van der Waals surface area (Å²) in [5.41, 5.74) is 1.09. The Bertz CT molecular complexity index is 568. The van der Waals surface area contributed by atoms with Gasteiger partial charge in [0.25, 0.3) is 0 Å². The van der Waals surface area contributed by atoms with Gasteiger partial charge in [-0.05, 0) is 36.8 Å². The van der Waals surface area contributed by atoms with Gasteiger partial charge < -0.3 is 4.42 Å². The molecule has 1 unspecified atom stereocenters. The number of hydrogen-bond donors (Lipinski definition) is 0. The van der Waals surface area contributed by atoms with Crippen molar-refractivity contribution in [1.82, 2.24) is 4.98 Å². The summed E-state index contributed by atoms with van der Waals surface area (Å²) in [4.78, 5) is 18.0. The molecular formula is C13H12N2O2S. The number of aryl methyl sites for hydroxylation is 1. The van der Waals surface area contributed by atoms with Crippen LogP contribution in [0.2, 0.25) is 0 Å². The Kier molecular flexibility index (Phi) is 2.83. The zero-order valence-electron chi connectivity index (χ0n) is 9.87. The summed E-state index contributed by atoms with van der Waals surface area (Å²) in [6, 6.07) is 7.55. The number of furan rings is 1. The lowest BCUT2D eigenvalue weighted by atomic mass is 10.3. The molecule has 1 aliphatic heterocycles. The predicted octanol–water partition coefficient (Wildman–Crippen LogP) is 2.76. The Morgan fingerprint density at radius 2 is 2.39 bits per heavy atom. The van der Waals surface area contributed by atoms with Crippen LogP contribution in [0.1, 0.15) is 16.7 Å². The molecule has 1 aliphatic rings. The van der Waals surface area contributed by atoms with Crippen LogP contribution in [0.5, 0.6) is 0 Å². The van der Waals surface area contributed by atoms with Crippen molar-refractivity contribution in [3.05, 3.63) is 48.0 Å². The van der Waals surface area contributed by atoms with E-state index in [9.17, 15) is 4.79 Å². The monoisotopic (exact) mass is 260 g/mol. The molecule has 1 amide bonds. The van der Waals surface area contributed by atoms with Crippen molar-refractivity contribution in [3.8, 4) is 0 Å². The van der Waals surface area contributed by atoms with Crippen LogP contribution in [0.25, 0.3) is 0 Å². The zero-order chi connectivity index (χ0) is 12.5. The minimum atomic E-state index is -0.109. The summed E-state index contributed by atoms with van der Waals surface area (Å²) < 4.78 is 5.41. The molecule has 1 fully saturated rings. The number of carbonyl (C=O) groups excluding carboxylic acids is 1. The molecule has 0 spiro atoms. The lowest BCUT2D eigenvalue weighted by Crippen LogP contribution is -2.28. The number of anilines is 1. The van der Waals surface area contributed by atoms with Crippen molar-refractivity contribution in [3.63, 3.8) is 0 Å². The molecule has 1 saturated heterocycles. The number of carbonyl (C=O) groups is 1. The molecule has 3 rings (SSSR count). The normalized spacial score (nSPS) is 19.5. The summed E-state index contributed by atoms with van der Waals surface area (Å²) in [7, 11) is 0. The molecule has 3 heterocycles. The third-order valence-electron chi connectivity index (χ3n) is 2.80. The standard InChI is InChI=1S/C13H12N2O2S/c1-9-4-5-14-11(7-9)15-12(16)8-18-13(15)10-3-2-6-17-10/h2-7,13H,8H2,1H3. The van der Waals surface area contributed by atoms with E-state index in [4.69, 9.17) is 4.42 Å². The molecule has 5 heteroatoms. The van der Waals surface area contributed by atoms with Gasteiger partial charge in [0, 0.05) is 6.20 Å². The minimum Gasteiger partial charge on any atom is -0.466 e. The van der Waals surface area contributed by atoms with E-state index in [1.165, 1.54) is 0 Å². The molecule has 0 radical (unpaired) electrons. The first-order valence-corrected chi connectivity index (χ1v) is 6.70. The molecule has 0 N–H and O–H groups in total. The molecule has 2 aromatic rings. The van der Waals surface area contributed by atoms with Crippen LogP contribution in [0.15, 0.2) is 41.1 Å². The SMILES string of the molecule is Cc1ccnc(N2C(=O)CSC2c2ccco2)c1. The Morgan fingerprint density at radius 1 is 1.50 bits per heavy atom. The van der Waals surface area contributed by atoms with Gasteiger partial charge in [0.05, 0.1) is 12.0 Å². The summed E-state index contributed by atoms with van der Waals surface area (Å²) >= 11 is 1.56. The van der Waals surface area contributed by atoms with Gasteiger partial charge in [-0.1, -0.05) is 0 Å². The summed E-state index contributed by atoms with van der Waals surface area (Å²) in [6.07, 6.45) is 3.35. The van der Waals surface area contributed by atoms with E-state index in [-0.39, 0.29) is 11.3 Å². The second kappa shape index (κ2) is 4.49. The lowest BCUT2D eigenvalue weighted by molar-refractivity contribution is -0.115. The Morgan fingerprint density at radius 3 is 3.11 bits per heavy atom. The van der Waals surface area contributed by atoms with Crippen molar-refractivity contribution in [1.29, 1.82) is 0 Å². The molecule has 92 valence electrons. The molecule has 4 nitrogen and oxygen atoms in total. The van der Waals surface area contributed by atoms with Crippen molar-refractivity contribution >= 4 is 23.5 Å². The number of nitrogens with zero attached hydrogens (tertiary/aromatic N) is 2. The van der Waals surface area contributed by atoms with Gasteiger partial charge in [-0.2, -0.15) is 0 Å². The van der Waals surface area contributed by atoms with E-state index in [2.05, 4.69) is 4.98 Å². The second-order valence-electron chi connectivity index (χ2n) is 4.13. The number of pyridine rings is 1. The maximum absolute atomic E-state index is 12.0. The van der Waals surface area contributed by atoms with E-state index in [0.717, 1.165) is 11.3 Å². The maximum Gasteiger partial charge on any atom is 0.239 e. The van der Waals surface area contributed by atoms with Gasteiger partial charge in [-0.15, -0.1) is 11.8 Å². The highest BCUT2D eigenvalue weighted by atomic mass is 32.2. The van der Waals surface area contributed by atoms with Gasteiger partial charge in [-0.3, -0.25) is 9.69 Å². The van der Waals surface area contributed by atoms with Gasteiger partial charge in [0.2, 0.25) is 5.91 Å². The number of thioether (sulfide) groups is 1. The van der Waals surface area contributed by atoms with E-state index in [1.807, 2.05) is 31.2 Å². The van der Waals surface area contributed by atoms with Crippen molar-refractivity contribution < 1.29 is 9.21 Å². The second-order valence-corrected chi connectivity index (χ2v) is 5.20. The third-order valence-corrected chi connectivity index (χ3v) is 3.97. The van der Waals surface area contributed by atoms with Gasteiger partial charge >= 0.3 is 0 Å². The Balaban J connectivity index is 2.00. The van der Waals surface area contributed by atoms with Crippen LogP contribution >= 0.6 is 11.8 Å². The number of amides is 1. The fraction of sp³-hybridized carbons (Fsp3) is 0.231. The lowest BCUT2D eigenvalue weighted by Gasteiger charge is -2.21. The number of hydrogen-bond acceptors (Lipinski definition) is 4. The fourth-order valence-corrected chi connectivity index (χ4v) is 3.08. The quantitative estimate of drug-likeness (QED) is 0.833. The molecule has 0 aliphatic carbocycles. The number of rotatable bonds is 2. The van der Waals surface area contributed by atoms with Crippen molar-refractivity contribution in [2.45, 2.75) is 12.3 Å². The van der Waals surface area contributed by atoms with Crippen molar-refractivity contribution in [2.24, 2.45) is 0 Å². The van der Waals surface area contributed by atoms with Gasteiger partial charge in [-0.25, -0.2) is 4.98 Å². The molecule has 0 aromatic carbocycles. The molecule has 0 saturated carbocycles. The summed E-state index contributed by atoms with van der Waals surface area (Å²) in [5.74, 6) is 2.00. The van der Waals surface area contributed by atoms with E-state index >= 15 is 0 Å². The van der Waals surface area contributed by atoms with Crippen LogP contribution in [0.3, 0.4) is 0 Å². The van der Waals surface area contributed by atoms with Crippen LogP contribution in [0.4, 0.5) is 5.82 Å². The summed E-state index contributed by atoms with van der Waals surface area (Å²) in [5, 5.41) is -0.109. The smallest absolute Gasteiger partial charge is 0.239 e. The Hall–Kier alpha value is -1.75. The van der Waals surface area contributed by atoms with E-state index < -0.39 is 0 Å². The van der Waals surface area contributed by atoms with Crippen LogP contribution in [-0.2, 0) is 4.79 Å². The largest absolute Gasteiger partial charge is 0.466 e.